The van der Waals surface area contributed by atoms with Crippen LogP contribution in [0.25, 0.3) is 0 Å². The number of aliphatic hydroxyl groups is 1. The molecule has 4 aromatic carbocycles. The van der Waals surface area contributed by atoms with Crippen molar-refractivity contribution in [3.8, 4) is 11.5 Å². The molecule has 0 radical (unpaired) electrons. The molecule has 0 heterocycles. The van der Waals surface area contributed by atoms with Crippen molar-refractivity contribution in [3.63, 3.8) is 0 Å². The summed E-state index contributed by atoms with van der Waals surface area (Å²) in [5.74, 6) is 0.900. The maximum Gasteiger partial charge on any atom is 0.262 e. The second kappa shape index (κ2) is 11.4. The number of aliphatic hydroxyl groups excluding tert-OH is 1. The van der Waals surface area contributed by atoms with Gasteiger partial charge in [-0.3, -0.25) is 4.79 Å². The van der Waals surface area contributed by atoms with Crippen LogP contribution in [0.15, 0.2) is 103 Å². The molecule has 2 N–H and O–H groups in total. The number of ether oxygens (including phenoxy) is 2. The van der Waals surface area contributed by atoms with Crippen LogP contribution in [0.1, 0.15) is 22.8 Å². The molecular formula is C28H24ClNO4. The number of rotatable bonds is 9. The molecule has 0 aliphatic rings. The van der Waals surface area contributed by atoms with Gasteiger partial charge in [-0.15, -0.1) is 0 Å². The van der Waals surface area contributed by atoms with Crippen molar-refractivity contribution < 1.29 is 19.4 Å². The van der Waals surface area contributed by atoms with E-state index < -0.39 is 6.10 Å². The van der Waals surface area contributed by atoms with Gasteiger partial charge in [0.2, 0.25) is 0 Å². The Morgan fingerprint density at radius 3 is 2.12 bits per heavy atom. The van der Waals surface area contributed by atoms with Crippen LogP contribution in [0, 0.1) is 0 Å². The van der Waals surface area contributed by atoms with E-state index >= 15 is 0 Å². The predicted molar refractivity (Wildman–Crippen MR) is 133 cm³/mol. The molecule has 0 aliphatic carbocycles. The van der Waals surface area contributed by atoms with E-state index in [0.717, 1.165) is 5.56 Å². The summed E-state index contributed by atoms with van der Waals surface area (Å²) in [4.78, 5) is 12.5. The van der Waals surface area contributed by atoms with Gasteiger partial charge >= 0.3 is 0 Å². The van der Waals surface area contributed by atoms with Gasteiger partial charge < -0.3 is 19.9 Å². The molecule has 0 bridgehead atoms. The Labute approximate surface area is 203 Å². The molecular weight excluding hydrogens is 450 g/mol. The number of hydrogen-bond acceptors (Lipinski definition) is 4. The highest BCUT2D eigenvalue weighted by Crippen LogP contribution is 2.31. The SMILES string of the molecule is O=C(COc1ccc(OCc2ccccc2)cc1)Nc1ccc(Cl)cc1[C@@H](O)c1ccccc1. The normalized spacial score (nSPS) is 11.5. The molecule has 172 valence electrons. The first-order valence-electron chi connectivity index (χ1n) is 10.8. The number of hydrogen-bond donors (Lipinski definition) is 2. The fourth-order valence-corrected chi connectivity index (χ4v) is 3.58. The number of halogens is 1. The zero-order valence-electron chi connectivity index (χ0n) is 18.4. The molecule has 0 unspecified atom stereocenters. The summed E-state index contributed by atoms with van der Waals surface area (Å²) < 4.78 is 11.4. The Balaban J connectivity index is 1.33. The van der Waals surface area contributed by atoms with Gasteiger partial charge in [0.1, 0.15) is 24.2 Å². The second-order valence-corrected chi connectivity index (χ2v) is 8.06. The van der Waals surface area contributed by atoms with Crippen LogP contribution in [0.2, 0.25) is 5.02 Å². The van der Waals surface area contributed by atoms with E-state index in [1.54, 1.807) is 42.5 Å². The van der Waals surface area contributed by atoms with Gasteiger partial charge in [0.25, 0.3) is 5.91 Å². The lowest BCUT2D eigenvalue weighted by molar-refractivity contribution is -0.118. The van der Waals surface area contributed by atoms with E-state index in [1.165, 1.54) is 0 Å². The van der Waals surface area contributed by atoms with Crippen molar-refractivity contribution in [1.82, 2.24) is 0 Å². The van der Waals surface area contributed by atoms with Crippen molar-refractivity contribution in [2.75, 3.05) is 11.9 Å². The molecule has 4 rings (SSSR count). The summed E-state index contributed by atoms with van der Waals surface area (Å²) >= 11 is 6.14. The van der Waals surface area contributed by atoms with Crippen molar-refractivity contribution >= 4 is 23.2 Å². The van der Waals surface area contributed by atoms with Gasteiger partial charge in [-0.2, -0.15) is 0 Å². The van der Waals surface area contributed by atoms with Crippen LogP contribution in [0.4, 0.5) is 5.69 Å². The fourth-order valence-electron chi connectivity index (χ4n) is 3.40. The Kier molecular flexibility index (Phi) is 7.81. The average Bonchev–Trinajstić information content (AvgIpc) is 2.88. The van der Waals surface area contributed by atoms with E-state index in [2.05, 4.69) is 5.32 Å². The molecule has 1 atom stereocenters. The summed E-state index contributed by atoms with van der Waals surface area (Å²) in [6.45, 7) is 0.287. The van der Waals surface area contributed by atoms with E-state index in [9.17, 15) is 9.90 Å². The largest absolute Gasteiger partial charge is 0.489 e. The number of nitrogens with one attached hydrogen (secondary N) is 1. The summed E-state index contributed by atoms with van der Waals surface area (Å²) in [6, 6.07) is 31.1. The molecule has 1 amide bonds. The Morgan fingerprint density at radius 1 is 0.824 bits per heavy atom. The Morgan fingerprint density at radius 2 is 1.44 bits per heavy atom. The molecule has 34 heavy (non-hydrogen) atoms. The quantitative estimate of drug-likeness (QED) is 0.312. The van der Waals surface area contributed by atoms with Crippen LogP contribution in [0.5, 0.6) is 11.5 Å². The standard InChI is InChI=1S/C28H24ClNO4/c29-22-11-16-26(25(17-22)28(32)21-9-5-2-6-10-21)30-27(31)19-34-24-14-12-23(13-15-24)33-18-20-7-3-1-4-8-20/h1-17,28,32H,18-19H2,(H,30,31)/t28-/m0/s1. The maximum absolute atomic E-state index is 12.5. The summed E-state index contributed by atoms with van der Waals surface area (Å²) in [5.41, 5.74) is 2.76. The van der Waals surface area contributed by atoms with Crippen molar-refractivity contribution in [2.45, 2.75) is 12.7 Å². The maximum atomic E-state index is 12.5. The van der Waals surface area contributed by atoms with Crippen LogP contribution in [-0.2, 0) is 11.4 Å². The summed E-state index contributed by atoms with van der Waals surface area (Å²) in [7, 11) is 0. The number of benzene rings is 4. The predicted octanol–water partition coefficient (Wildman–Crippen LogP) is 6.02. The number of carbonyl (C=O) groups is 1. The summed E-state index contributed by atoms with van der Waals surface area (Å²) in [5, 5.41) is 14.1. The number of amides is 1. The Hall–Kier alpha value is -3.80. The van der Waals surface area contributed by atoms with E-state index in [4.69, 9.17) is 21.1 Å². The fraction of sp³-hybridized carbons (Fsp3) is 0.107. The molecule has 0 saturated heterocycles. The third-order valence-corrected chi connectivity index (χ3v) is 5.37. The van der Waals surface area contributed by atoms with Gasteiger partial charge in [0.15, 0.2) is 6.61 Å². The summed E-state index contributed by atoms with van der Waals surface area (Å²) in [6.07, 6.45) is -0.931. The molecule has 4 aromatic rings. The first-order valence-corrected chi connectivity index (χ1v) is 11.2. The van der Waals surface area contributed by atoms with Gasteiger partial charge in [-0.1, -0.05) is 72.3 Å². The zero-order chi connectivity index (χ0) is 23.8. The molecule has 0 aromatic heterocycles. The van der Waals surface area contributed by atoms with Crippen LogP contribution >= 0.6 is 11.6 Å². The lowest BCUT2D eigenvalue weighted by Crippen LogP contribution is -2.21. The first-order chi connectivity index (χ1) is 16.6. The van der Waals surface area contributed by atoms with Gasteiger partial charge in [0.05, 0.1) is 0 Å². The average molecular weight is 474 g/mol. The number of carbonyl (C=O) groups excluding carboxylic acids is 1. The third kappa shape index (κ3) is 6.38. The van der Waals surface area contributed by atoms with Crippen LogP contribution in [0.3, 0.4) is 0 Å². The molecule has 0 spiro atoms. The van der Waals surface area contributed by atoms with E-state index in [1.807, 2.05) is 60.7 Å². The molecule has 6 heteroatoms. The Bertz CT molecular complexity index is 1210. The highest BCUT2D eigenvalue weighted by molar-refractivity contribution is 6.30. The number of anilines is 1. The van der Waals surface area contributed by atoms with Crippen molar-refractivity contribution in [3.05, 3.63) is 125 Å². The second-order valence-electron chi connectivity index (χ2n) is 7.63. The minimum Gasteiger partial charge on any atom is -0.489 e. The van der Waals surface area contributed by atoms with Gasteiger partial charge in [0, 0.05) is 16.3 Å². The monoisotopic (exact) mass is 473 g/mol. The van der Waals surface area contributed by atoms with E-state index in [0.29, 0.717) is 39.9 Å². The molecule has 0 aliphatic heterocycles. The van der Waals surface area contributed by atoms with Gasteiger partial charge in [-0.25, -0.2) is 0 Å². The van der Waals surface area contributed by atoms with Crippen molar-refractivity contribution in [1.29, 1.82) is 0 Å². The highest BCUT2D eigenvalue weighted by Gasteiger charge is 2.17. The van der Waals surface area contributed by atoms with Crippen molar-refractivity contribution in [2.24, 2.45) is 0 Å². The van der Waals surface area contributed by atoms with E-state index in [-0.39, 0.29) is 12.5 Å². The van der Waals surface area contributed by atoms with Crippen LogP contribution < -0.4 is 14.8 Å². The molecule has 0 fully saturated rings. The third-order valence-electron chi connectivity index (χ3n) is 5.14. The molecule has 5 nitrogen and oxygen atoms in total. The highest BCUT2D eigenvalue weighted by atomic mass is 35.5. The lowest BCUT2D eigenvalue weighted by atomic mass is 10.00. The smallest absolute Gasteiger partial charge is 0.262 e. The minimum absolute atomic E-state index is 0.187. The minimum atomic E-state index is -0.931. The zero-order valence-corrected chi connectivity index (χ0v) is 19.1. The van der Waals surface area contributed by atoms with Crippen LogP contribution in [-0.4, -0.2) is 17.6 Å². The molecule has 0 saturated carbocycles. The first kappa shape index (κ1) is 23.4. The topological polar surface area (TPSA) is 67.8 Å². The van der Waals surface area contributed by atoms with Gasteiger partial charge in [-0.05, 0) is 53.6 Å². The lowest BCUT2D eigenvalue weighted by Gasteiger charge is -2.17.